The molecule has 114 valence electrons. The van der Waals surface area contributed by atoms with Crippen LogP contribution in [0, 0.1) is 5.92 Å². The average Bonchev–Trinajstić information content (AvgIpc) is 2.41. The fraction of sp³-hybridized carbons (Fsp3) is 0.417. The zero-order valence-electron chi connectivity index (χ0n) is 11.2. The number of nitrogens with one attached hydrogen (secondary N) is 1. The molecule has 1 atom stereocenters. The minimum absolute atomic E-state index is 0.000821. The van der Waals surface area contributed by atoms with Crippen molar-refractivity contribution in [2.24, 2.45) is 5.92 Å². The predicted molar refractivity (Wildman–Crippen MR) is 74.9 cm³/mol. The molecule has 0 aromatic carbocycles. The third kappa shape index (κ3) is 3.70. The van der Waals surface area contributed by atoms with Crippen LogP contribution in [0.5, 0.6) is 0 Å². The molecule has 21 heavy (non-hydrogen) atoms. The molecule has 0 spiro atoms. The van der Waals surface area contributed by atoms with Crippen LogP contribution in [-0.2, 0) is 19.6 Å². The maximum absolute atomic E-state index is 12.0. The fourth-order valence-corrected chi connectivity index (χ4v) is 3.21. The van der Waals surface area contributed by atoms with Crippen molar-refractivity contribution in [2.45, 2.75) is 17.9 Å². The molecule has 0 saturated carbocycles. The van der Waals surface area contributed by atoms with Crippen molar-refractivity contribution in [3.63, 3.8) is 0 Å². The maximum Gasteiger partial charge on any atom is 0.281 e. The van der Waals surface area contributed by atoms with Gasteiger partial charge in [-0.1, -0.05) is 11.6 Å². The normalized spacial score (nSPS) is 19.4. The van der Waals surface area contributed by atoms with E-state index >= 15 is 0 Å². The van der Waals surface area contributed by atoms with E-state index in [1.807, 2.05) is 4.72 Å². The van der Waals surface area contributed by atoms with Crippen LogP contribution in [0.25, 0.3) is 0 Å². The highest BCUT2D eigenvalue weighted by molar-refractivity contribution is 7.90. The zero-order valence-corrected chi connectivity index (χ0v) is 12.8. The summed E-state index contributed by atoms with van der Waals surface area (Å²) in [7, 11) is -2.44. The molecule has 1 aliphatic rings. The van der Waals surface area contributed by atoms with Gasteiger partial charge in [-0.3, -0.25) is 9.59 Å². The van der Waals surface area contributed by atoms with E-state index in [-0.39, 0.29) is 22.4 Å². The van der Waals surface area contributed by atoms with Crippen LogP contribution < -0.4 is 4.72 Å². The molecule has 2 rings (SSSR count). The number of likely N-dealkylation sites (tertiary alicyclic amines) is 1. The lowest BCUT2D eigenvalue weighted by molar-refractivity contribution is -0.138. The van der Waals surface area contributed by atoms with Crippen molar-refractivity contribution in [3.8, 4) is 0 Å². The molecule has 0 aliphatic carbocycles. The Hall–Kier alpha value is -1.67. The number of hydrogen-bond donors (Lipinski definition) is 1. The van der Waals surface area contributed by atoms with Gasteiger partial charge in [0.05, 0.1) is 0 Å². The summed E-state index contributed by atoms with van der Waals surface area (Å²) in [5, 5.41) is -0.130. The molecule has 1 N–H and O–H groups in total. The first kappa shape index (κ1) is 15.7. The van der Waals surface area contributed by atoms with Crippen LogP contribution in [0.4, 0.5) is 0 Å². The second kappa shape index (κ2) is 5.98. The van der Waals surface area contributed by atoms with Crippen molar-refractivity contribution in [1.82, 2.24) is 14.6 Å². The first-order valence-electron chi connectivity index (χ1n) is 6.22. The number of carbonyl (C=O) groups excluding carboxylic acids is 2. The van der Waals surface area contributed by atoms with Gasteiger partial charge in [-0.25, -0.2) is 9.71 Å². The summed E-state index contributed by atoms with van der Waals surface area (Å²) in [6, 6.07) is 2.58. The largest absolute Gasteiger partial charge is 0.346 e. The topological polar surface area (TPSA) is 96.4 Å². The first-order valence-corrected chi connectivity index (χ1v) is 8.08. The number of pyridine rings is 1. The Kier molecular flexibility index (Phi) is 4.48. The second-order valence-electron chi connectivity index (χ2n) is 4.79. The van der Waals surface area contributed by atoms with Gasteiger partial charge in [0.25, 0.3) is 10.0 Å². The summed E-state index contributed by atoms with van der Waals surface area (Å²) in [4.78, 5) is 28.7. The highest BCUT2D eigenvalue weighted by Crippen LogP contribution is 2.19. The molecule has 1 fully saturated rings. The minimum Gasteiger partial charge on any atom is -0.346 e. The number of rotatable bonds is 3. The van der Waals surface area contributed by atoms with Gasteiger partial charge in [-0.15, -0.1) is 0 Å². The Bertz CT molecular complexity index is 677. The van der Waals surface area contributed by atoms with Crippen molar-refractivity contribution in [1.29, 1.82) is 0 Å². The molecule has 1 unspecified atom stereocenters. The van der Waals surface area contributed by atoms with Crippen molar-refractivity contribution >= 4 is 33.4 Å². The van der Waals surface area contributed by atoms with Gasteiger partial charge in [0.2, 0.25) is 11.8 Å². The summed E-state index contributed by atoms with van der Waals surface area (Å²) in [5.74, 6) is -1.53. The van der Waals surface area contributed by atoms with Crippen LogP contribution in [-0.4, -0.2) is 43.7 Å². The molecule has 0 radical (unpaired) electrons. The average molecular weight is 332 g/mol. The van der Waals surface area contributed by atoms with Crippen molar-refractivity contribution < 1.29 is 18.0 Å². The summed E-state index contributed by atoms with van der Waals surface area (Å²) in [6.45, 7) is 0.423. The van der Waals surface area contributed by atoms with Crippen LogP contribution in [0.2, 0.25) is 5.02 Å². The smallest absolute Gasteiger partial charge is 0.281 e. The monoisotopic (exact) mass is 331 g/mol. The summed E-state index contributed by atoms with van der Waals surface area (Å²) in [5.41, 5.74) is 0. The van der Waals surface area contributed by atoms with Crippen LogP contribution in [0.15, 0.2) is 23.4 Å². The number of nitrogens with zero attached hydrogens (tertiary/aromatic N) is 2. The first-order chi connectivity index (χ1) is 9.79. The second-order valence-corrected chi connectivity index (χ2v) is 6.85. The van der Waals surface area contributed by atoms with Gasteiger partial charge in [0.1, 0.15) is 0 Å². The number of hydrogen-bond acceptors (Lipinski definition) is 5. The Balaban J connectivity index is 2.10. The molecule has 7 nitrogen and oxygen atoms in total. The summed E-state index contributed by atoms with van der Waals surface area (Å²) >= 11 is 5.70. The van der Waals surface area contributed by atoms with Crippen LogP contribution >= 0.6 is 11.6 Å². The minimum atomic E-state index is -4.08. The Morgan fingerprint density at radius 1 is 1.52 bits per heavy atom. The van der Waals surface area contributed by atoms with E-state index in [1.165, 1.54) is 17.2 Å². The predicted octanol–water partition coefficient (Wildman–Crippen LogP) is 0.408. The van der Waals surface area contributed by atoms with Gasteiger partial charge in [-0.2, -0.15) is 8.42 Å². The molecule has 1 aromatic rings. The molecule has 9 heteroatoms. The summed E-state index contributed by atoms with van der Waals surface area (Å²) in [6.07, 6.45) is 1.66. The number of halogens is 1. The van der Waals surface area contributed by atoms with E-state index in [9.17, 15) is 18.0 Å². The molecule has 1 saturated heterocycles. The molecule has 0 bridgehead atoms. The van der Waals surface area contributed by atoms with E-state index in [2.05, 4.69) is 4.98 Å². The van der Waals surface area contributed by atoms with E-state index in [0.29, 0.717) is 13.0 Å². The third-order valence-electron chi connectivity index (χ3n) is 3.24. The molecular formula is C12H14ClN3O4S. The molecule has 1 aromatic heterocycles. The number of amides is 2. The SMILES string of the molecule is CN1CCC(C(=O)NS(=O)(=O)c2cc(Cl)ccn2)CC1=O. The standard InChI is InChI=1S/C12H14ClN3O4S/c1-16-5-3-8(6-11(16)17)12(18)15-21(19,20)10-7-9(13)2-4-14-10/h2,4,7-8H,3,5-6H2,1H3,(H,15,18). The molecule has 2 amide bonds. The number of carbonyl (C=O) groups is 2. The quantitative estimate of drug-likeness (QED) is 0.865. The van der Waals surface area contributed by atoms with Crippen molar-refractivity contribution in [2.75, 3.05) is 13.6 Å². The molecular weight excluding hydrogens is 318 g/mol. The van der Waals surface area contributed by atoms with E-state index < -0.39 is 21.8 Å². The fourth-order valence-electron chi connectivity index (χ4n) is 1.97. The van der Waals surface area contributed by atoms with Gasteiger partial charge < -0.3 is 4.90 Å². The highest BCUT2D eigenvalue weighted by atomic mass is 35.5. The Morgan fingerprint density at radius 2 is 2.24 bits per heavy atom. The van der Waals surface area contributed by atoms with Gasteiger partial charge in [0.15, 0.2) is 5.03 Å². The van der Waals surface area contributed by atoms with E-state index in [0.717, 1.165) is 6.07 Å². The summed E-state index contributed by atoms with van der Waals surface area (Å²) < 4.78 is 26.0. The highest BCUT2D eigenvalue weighted by Gasteiger charge is 2.31. The van der Waals surface area contributed by atoms with Crippen LogP contribution in [0.1, 0.15) is 12.8 Å². The number of sulfonamides is 1. The number of aromatic nitrogens is 1. The van der Waals surface area contributed by atoms with Gasteiger partial charge in [-0.05, 0) is 18.6 Å². The van der Waals surface area contributed by atoms with Gasteiger partial charge >= 0.3 is 0 Å². The number of piperidine rings is 1. The lowest BCUT2D eigenvalue weighted by Gasteiger charge is -2.27. The maximum atomic E-state index is 12.0. The lowest BCUT2D eigenvalue weighted by atomic mass is 9.96. The van der Waals surface area contributed by atoms with E-state index in [4.69, 9.17) is 11.6 Å². The zero-order chi connectivity index (χ0) is 15.6. The molecule has 2 heterocycles. The lowest BCUT2D eigenvalue weighted by Crippen LogP contribution is -2.43. The van der Waals surface area contributed by atoms with Crippen molar-refractivity contribution in [3.05, 3.63) is 23.4 Å². The van der Waals surface area contributed by atoms with Crippen LogP contribution in [0.3, 0.4) is 0 Å². The van der Waals surface area contributed by atoms with Gasteiger partial charge in [0, 0.05) is 37.2 Å². The Labute approximate surface area is 127 Å². The Morgan fingerprint density at radius 3 is 2.86 bits per heavy atom. The molecule has 1 aliphatic heterocycles. The van der Waals surface area contributed by atoms with E-state index in [1.54, 1.807) is 7.05 Å². The third-order valence-corrected chi connectivity index (χ3v) is 4.72.